The predicted octanol–water partition coefficient (Wildman–Crippen LogP) is 2.27. The van der Waals surface area contributed by atoms with E-state index < -0.39 is 0 Å². The largest absolute Gasteiger partial charge is 0.496 e. The maximum Gasteiger partial charge on any atom is 0.230 e. The molecule has 0 unspecified atom stereocenters. The van der Waals surface area contributed by atoms with E-state index in [1.165, 1.54) is 6.26 Å². The molecule has 7 nitrogen and oxygen atoms in total. The molecular weight excluding hydrogens is 308 g/mol. The first-order valence-corrected chi connectivity index (χ1v) is 6.69. The van der Waals surface area contributed by atoms with Gasteiger partial charge < -0.3 is 25.7 Å². The molecule has 0 atom stereocenters. The second kappa shape index (κ2) is 5.61. The van der Waals surface area contributed by atoms with Gasteiger partial charge in [0, 0.05) is 10.6 Å². The third kappa shape index (κ3) is 2.46. The lowest BCUT2D eigenvalue weighted by Crippen LogP contribution is -2.07. The minimum Gasteiger partial charge on any atom is -0.496 e. The van der Waals surface area contributed by atoms with E-state index in [0.717, 1.165) is 0 Å². The van der Waals surface area contributed by atoms with Gasteiger partial charge in [0.15, 0.2) is 5.76 Å². The minimum atomic E-state index is 0.0396. The number of aromatic nitrogens is 2. The van der Waals surface area contributed by atoms with Gasteiger partial charge in [0.25, 0.3) is 0 Å². The highest BCUT2D eigenvalue weighted by atomic mass is 35.5. The maximum atomic E-state index is 6.08. The Balaban J connectivity index is 2.28. The number of halogens is 1. The zero-order chi connectivity index (χ0) is 15.7. The van der Waals surface area contributed by atoms with Gasteiger partial charge in [-0.3, -0.25) is 0 Å². The first-order valence-electron chi connectivity index (χ1n) is 6.32. The molecule has 1 aliphatic rings. The lowest BCUT2D eigenvalue weighted by atomic mass is 10.0. The molecule has 8 heteroatoms. The first kappa shape index (κ1) is 14.3. The number of ether oxygens (including phenoxy) is 3. The van der Waals surface area contributed by atoms with Gasteiger partial charge in [0.05, 0.1) is 18.4 Å². The van der Waals surface area contributed by atoms with Crippen LogP contribution >= 0.6 is 11.6 Å². The fourth-order valence-electron chi connectivity index (χ4n) is 2.17. The third-order valence-corrected chi connectivity index (χ3v) is 3.33. The molecule has 0 saturated heterocycles. The molecular formula is C14H13ClN4O3. The van der Waals surface area contributed by atoms with Gasteiger partial charge in [-0.2, -0.15) is 4.98 Å². The summed E-state index contributed by atoms with van der Waals surface area (Å²) in [5.41, 5.74) is 13.3. The van der Waals surface area contributed by atoms with E-state index >= 15 is 0 Å². The van der Waals surface area contributed by atoms with Crippen molar-refractivity contribution in [1.82, 2.24) is 9.97 Å². The molecule has 0 saturated carbocycles. The highest BCUT2D eigenvalue weighted by Crippen LogP contribution is 2.39. The summed E-state index contributed by atoms with van der Waals surface area (Å²) >= 11 is 6.08. The topological polar surface area (TPSA) is 106 Å². The number of nitrogen functional groups attached to an aromatic ring is 2. The summed E-state index contributed by atoms with van der Waals surface area (Å²) in [4.78, 5) is 8.25. The first-order chi connectivity index (χ1) is 10.6. The molecule has 1 aromatic carbocycles. The Morgan fingerprint density at radius 1 is 1.27 bits per heavy atom. The van der Waals surface area contributed by atoms with Crippen molar-refractivity contribution >= 4 is 29.1 Å². The molecule has 1 aliphatic heterocycles. The number of nitrogens with zero attached hydrogens (tertiary/aromatic N) is 2. The van der Waals surface area contributed by atoms with Crippen LogP contribution in [0.3, 0.4) is 0 Å². The molecule has 0 aliphatic carbocycles. The Kier molecular flexibility index (Phi) is 3.64. The lowest BCUT2D eigenvalue weighted by Gasteiger charge is -2.14. The highest BCUT2D eigenvalue weighted by molar-refractivity contribution is 6.31. The van der Waals surface area contributed by atoms with E-state index in [1.807, 2.05) is 0 Å². The van der Waals surface area contributed by atoms with Gasteiger partial charge in [-0.25, -0.2) is 4.98 Å². The Morgan fingerprint density at radius 2 is 2.09 bits per heavy atom. The van der Waals surface area contributed by atoms with Gasteiger partial charge in [-0.15, -0.1) is 0 Å². The molecule has 0 radical (unpaired) electrons. The fraction of sp³-hybridized carbons (Fsp3) is 0.143. The molecule has 22 heavy (non-hydrogen) atoms. The zero-order valence-electron chi connectivity index (χ0n) is 11.7. The smallest absolute Gasteiger partial charge is 0.230 e. The van der Waals surface area contributed by atoms with Crippen molar-refractivity contribution in [3.05, 3.63) is 35.0 Å². The number of hydrogen-bond donors (Lipinski definition) is 2. The van der Waals surface area contributed by atoms with Gasteiger partial charge in [-0.1, -0.05) is 11.6 Å². The van der Waals surface area contributed by atoms with Crippen LogP contribution in [-0.2, 0) is 9.47 Å². The van der Waals surface area contributed by atoms with E-state index in [0.29, 0.717) is 33.4 Å². The van der Waals surface area contributed by atoms with Crippen LogP contribution in [-0.4, -0.2) is 23.9 Å². The van der Waals surface area contributed by atoms with E-state index in [2.05, 4.69) is 9.97 Å². The molecule has 2 aromatic rings. The lowest BCUT2D eigenvalue weighted by molar-refractivity contribution is 0.101. The zero-order valence-corrected chi connectivity index (χ0v) is 12.4. The molecule has 2 heterocycles. The Morgan fingerprint density at radius 3 is 2.77 bits per heavy atom. The minimum absolute atomic E-state index is 0.0396. The molecule has 0 amide bonds. The van der Waals surface area contributed by atoms with Crippen LogP contribution in [0.2, 0.25) is 5.02 Å². The van der Waals surface area contributed by atoms with Crippen LogP contribution in [0.15, 0.2) is 24.5 Å². The van der Waals surface area contributed by atoms with E-state index in [-0.39, 0.29) is 18.6 Å². The van der Waals surface area contributed by atoms with E-state index in [9.17, 15) is 0 Å². The normalized spacial score (nSPS) is 13.3. The van der Waals surface area contributed by atoms with Gasteiger partial charge >= 0.3 is 0 Å². The molecule has 0 fully saturated rings. The van der Waals surface area contributed by atoms with Crippen molar-refractivity contribution in [2.75, 3.05) is 25.4 Å². The molecule has 114 valence electrons. The number of benzene rings is 1. The number of methoxy groups -OCH3 is 1. The van der Waals surface area contributed by atoms with E-state index in [4.69, 9.17) is 37.3 Å². The standard InChI is InChI=1S/C14H13ClN4O3/c1-20-9-3-2-7(15)4-8(9)12-11(10-5-21-6-22-10)13(16)19-14(17)18-12/h2-5H,6H2,1H3,(H4,16,17,18,19). The molecule has 4 N–H and O–H groups in total. The summed E-state index contributed by atoms with van der Waals surface area (Å²) in [5.74, 6) is 1.22. The van der Waals surface area contributed by atoms with Crippen LogP contribution in [0, 0.1) is 0 Å². The molecule has 0 spiro atoms. The maximum absolute atomic E-state index is 6.08. The fourth-order valence-corrected chi connectivity index (χ4v) is 2.34. The number of hydrogen-bond acceptors (Lipinski definition) is 7. The summed E-state index contributed by atoms with van der Waals surface area (Å²) in [7, 11) is 1.55. The Bertz CT molecular complexity index is 764. The average molecular weight is 321 g/mol. The van der Waals surface area contributed by atoms with Crippen molar-refractivity contribution in [2.45, 2.75) is 0 Å². The Hall–Kier alpha value is -2.67. The van der Waals surface area contributed by atoms with Crippen LogP contribution in [0.1, 0.15) is 5.56 Å². The second-order valence-electron chi connectivity index (χ2n) is 4.45. The molecule has 1 aromatic heterocycles. The summed E-state index contributed by atoms with van der Waals surface area (Å²) in [5, 5.41) is 0.523. The predicted molar refractivity (Wildman–Crippen MR) is 82.9 cm³/mol. The van der Waals surface area contributed by atoms with Crippen molar-refractivity contribution in [2.24, 2.45) is 0 Å². The molecule has 0 bridgehead atoms. The van der Waals surface area contributed by atoms with Gasteiger partial charge in [-0.05, 0) is 18.2 Å². The number of rotatable bonds is 3. The third-order valence-electron chi connectivity index (χ3n) is 3.09. The van der Waals surface area contributed by atoms with Crippen molar-refractivity contribution in [3.8, 4) is 17.0 Å². The van der Waals surface area contributed by atoms with Crippen LogP contribution < -0.4 is 16.2 Å². The van der Waals surface area contributed by atoms with E-state index in [1.54, 1.807) is 25.3 Å². The molecule has 3 rings (SSSR count). The SMILES string of the molecule is COc1ccc(Cl)cc1-c1nc(N)nc(N)c1C1=COCO1. The van der Waals surface area contributed by atoms with Crippen LogP contribution in [0.5, 0.6) is 5.75 Å². The van der Waals surface area contributed by atoms with Crippen LogP contribution in [0.25, 0.3) is 17.0 Å². The van der Waals surface area contributed by atoms with Crippen molar-refractivity contribution < 1.29 is 14.2 Å². The van der Waals surface area contributed by atoms with Gasteiger partial charge in [0.2, 0.25) is 12.7 Å². The summed E-state index contributed by atoms with van der Waals surface area (Å²) in [6, 6.07) is 5.16. The van der Waals surface area contributed by atoms with Crippen LogP contribution in [0.4, 0.5) is 11.8 Å². The van der Waals surface area contributed by atoms with Gasteiger partial charge in [0.1, 0.15) is 17.8 Å². The highest BCUT2D eigenvalue weighted by Gasteiger charge is 2.23. The summed E-state index contributed by atoms with van der Waals surface area (Å²) in [6.45, 7) is 0.102. The average Bonchev–Trinajstić information content (AvgIpc) is 3.00. The monoisotopic (exact) mass is 320 g/mol. The number of nitrogens with two attached hydrogens (primary N) is 2. The summed E-state index contributed by atoms with van der Waals surface area (Å²) < 4.78 is 15.8. The Labute approximate surface area is 131 Å². The quantitative estimate of drug-likeness (QED) is 0.893. The van der Waals surface area contributed by atoms with Crippen molar-refractivity contribution in [3.63, 3.8) is 0 Å². The summed E-state index contributed by atoms with van der Waals surface area (Å²) in [6.07, 6.45) is 1.45. The second-order valence-corrected chi connectivity index (χ2v) is 4.88. The number of anilines is 2. The van der Waals surface area contributed by atoms with Crippen molar-refractivity contribution in [1.29, 1.82) is 0 Å².